The van der Waals surface area contributed by atoms with Crippen molar-refractivity contribution in [3.05, 3.63) is 46.7 Å². The molecule has 0 radical (unpaired) electrons. The van der Waals surface area contributed by atoms with Crippen LogP contribution < -0.4 is 10.6 Å². The number of hydrogen-bond acceptors (Lipinski definition) is 3. The van der Waals surface area contributed by atoms with Crippen LogP contribution in [0.4, 0.5) is 13.2 Å². The van der Waals surface area contributed by atoms with E-state index in [4.69, 9.17) is 12.2 Å². The average molecular weight is 330 g/mol. The van der Waals surface area contributed by atoms with Gasteiger partial charge in [0, 0.05) is 5.70 Å². The molecule has 0 amide bonds. The normalized spacial score (nSPS) is 18.6. The number of ether oxygens (including phenoxy) is 1. The van der Waals surface area contributed by atoms with Crippen LogP contribution >= 0.6 is 12.2 Å². The lowest BCUT2D eigenvalue weighted by molar-refractivity contribution is -0.139. The van der Waals surface area contributed by atoms with Crippen LogP contribution in [0.5, 0.6) is 0 Å². The van der Waals surface area contributed by atoms with E-state index in [2.05, 4.69) is 15.4 Å². The lowest BCUT2D eigenvalue weighted by Gasteiger charge is -2.31. The van der Waals surface area contributed by atoms with Crippen molar-refractivity contribution < 1.29 is 22.7 Å². The fraction of sp³-hybridized carbons (Fsp3) is 0.286. The number of esters is 1. The van der Waals surface area contributed by atoms with E-state index in [-0.39, 0.29) is 16.2 Å². The van der Waals surface area contributed by atoms with Gasteiger partial charge in [-0.2, -0.15) is 13.2 Å². The Kier molecular flexibility index (Phi) is 4.41. The minimum absolute atomic E-state index is 0.0628. The van der Waals surface area contributed by atoms with Crippen LogP contribution in [0.1, 0.15) is 24.1 Å². The Morgan fingerprint density at radius 3 is 2.55 bits per heavy atom. The van der Waals surface area contributed by atoms with Gasteiger partial charge in [0.2, 0.25) is 0 Å². The van der Waals surface area contributed by atoms with Gasteiger partial charge < -0.3 is 15.4 Å². The molecule has 8 heteroatoms. The van der Waals surface area contributed by atoms with Gasteiger partial charge in [-0.25, -0.2) is 4.79 Å². The van der Waals surface area contributed by atoms with E-state index in [1.54, 1.807) is 6.92 Å². The van der Waals surface area contributed by atoms with Crippen molar-refractivity contribution in [2.24, 2.45) is 0 Å². The van der Waals surface area contributed by atoms with Crippen molar-refractivity contribution in [2.75, 3.05) is 7.11 Å². The molecule has 0 saturated carbocycles. The molecule has 1 aromatic carbocycles. The molecule has 0 aliphatic carbocycles. The number of methoxy groups -OCH3 is 1. The number of thiocarbonyl (C=S) groups is 1. The van der Waals surface area contributed by atoms with E-state index < -0.39 is 23.8 Å². The van der Waals surface area contributed by atoms with Gasteiger partial charge in [-0.1, -0.05) is 18.2 Å². The maximum Gasteiger partial charge on any atom is 0.416 e. The zero-order valence-electron chi connectivity index (χ0n) is 11.7. The van der Waals surface area contributed by atoms with Gasteiger partial charge >= 0.3 is 12.1 Å². The Morgan fingerprint density at radius 1 is 1.32 bits per heavy atom. The van der Waals surface area contributed by atoms with E-state index in [1.165, 1.54) is 25.3 Å². The number of carbonyl (C=O) groups is 1. The summed E-state index contributed by atoms with van der Waals surface area (Å²) >= 11 is 4.98. The molecule has 2 N–H and O–H groups in total. The number of nitrogens with one attached hydrogen (secondary N) is 2. The molecule has 0 fully saturated rings. The smallest absolute Gasteiger partial charge is 0.416 e. The van der Waals surface area contributed by atoms with Gasteiger partial charge in [-0.3, -0.25) is 0 Å². The minimum atomic E-state index is -4.54. The highest BCUT2D eigenvalue weighted by atomic mass is 32.1. The van der Waals surface area contributed by atoms with Crippen molar-refractivity contribution in [3.63, 3.8) is 0 Å². The maximum absolute atomic E-state index is 13.2. The molecule has 1 aliphatic rings. The summed E-state index contributed by atoms with van der Waals surface area (Å²) in [6, 6.07) is 4.01. The van der Waals surface area contributed by atoms with Crippen LogP contribution in [-0.4, -0.2) is 18.2 Å². The lowest BCUT2D eigenvalue weighted by Crippen LogP contribution is -2.45. The van der Waals surface area contributed by atoms with Crippen LogP contribution in [0.15, 0.2) is 35.5 Å². The summed E-state index contributed by atoms with van der Waals surface area (Å²) in [5.41, 5.74) is -0.490. The predicted octanol–water partition coefficient (Wildman–Crippen LogP) is 2.67. The second-order valence-electron chi connectivity index (χ2n) is 4.65. The molecular formula is C14H13F3N2O2S. The first-order chi connectivity index (χ1) is 10.3. The molecule has 4 nitrogen and oxygen atoms in total. The molecule has 22 heavy (non-hydrogen) atoms. The number of hydrogen-bond donors (Lipinski definition) is 2. The third-order valence-electron chi connectivity index (χ3n) is 3.25. The Balaban J connectivity index is 2.62. The van der Waals surface area contributed by atoms with E-state index in [1.807, 2.05) is 0 Å². The topological polar surface area (TPSA) is 50.4 Å². The first-order valence-corrected chi connectivity index (χ1v) is 6.69. The fourth-order valence-corrected chi connectivity index (χ4v) is 2.59. The van der Waals surface area contributed by atoms with Gasteiger partial charge in [-0.05, 0) is 30.8 Å². The SMILES string of the molecule is COC(=O)C1=C(C)NC(=S)NC1c1ccccc1C(F)(F)F. The number of carbonyl (C=O) groups excluding carboxylic acids is 1. The molecule has 0 bridgehead atoms. The Bertz CT molecular complexity index is 656. The van der Waals surface area contributed by atoms with E-state index in [0.29, 0.717) is 5.70 Å². The second kappa shape index (κ2) is 5.96. The number of benzene rings is 1. The Labute approximate surface area is 130 Å². The highest BCUT2D eigenvalue weighted by Crippen LogP contribution is 2.38. The lowest BCUT2D eigenvalue weighted by atomic mass is 9.92. The molecule has 118 valence electrons. The molecule has 0 saturated heterocycles. The van der Waals surface area contributed by atoms with Crippen molar-refractivity contribution in [2.45, 2.75) is 19.1 Å². The first kappa shape index (κ1) is 16.3. The third kappa shape index (κ3) is 3.06. The second-order valence-corrected chi connectivity index (χ2v) is 5.05. The fourth-order valence-electron chi connectivity index (χ4n) is 2.31. The van der Waals surface area contributed by atoms with Crippen molar-refractivity contribution in [3.8, 4) is 0 Å². The number of allylic oxidation sites excluding steroid dienone is 1. The number of halogens is 3. The van der Waals surface area contributed by atoms with E-state index in [0.717, 1.165) is 6.07 Å². The molecule has 1 unspecified atom stereocenters. The molecule has 1 aliphatic heterocycles. The zero-order chi connectivity index (χ0) is 16.5. The van der Waals surface area contributed by atoms with Gasteiger partial charge in [0.15, 0.2) is 5.11 Å². The van der Waals surface area contributed by atoms with Crippen molar-refractivity contribution >= 4 is 23.3 Å². The van der Waals surface area contributed by atoms with Crippen LogP contribution in [0.25, 0.3) is 0 Å². The molecular weight excluding hydrogens is 317 g/mol. The minimum Gasteiger partial charge on any atom is -0.466 e. The van der Waals surface area contributed by atoms with Crippen molar-refractivity contribution in [1.29, 1.82) is 0 Å². The highest BCUT2D eigenvalue weighted by molar-refractivity contribution is 7.80. The summed E-state index contributed by atoms with van der Waals surface area (Å²) in [7, 11) is 1.17. The summed E-state index contributed by atoms with van der Waals surface area (Å²) < 4.78 is 44.3. The average Bonchev–Trinajstić information content (AvgIpc) is 2.45. The van der Waals surface area contributed by atoms with Gasteiger partial charge in [0.1, 0.15) is 0 Å². The monoisotopic (exact) mass is 330 g/mol. The van der Waals surface area contributed by atoms with Crippen LogP contribution in [-0.2, 0) is 15.7 Å². The summed E-state index contributed by atoms with van der Waals surface area (Å²) in [4.78, 5) is 11.9. The highest BCUT2D eigenvalue weighted by Gasteiger charge is 2.39. The molecule has 1 heterocycles. The Morgan fingerprint density at radius 2 is 1.95 bits per heavy atom. The molecule has 1 atom stereocenters. The zero-order valence-corrected chi connectivity index (χ0v) is 12.6. The molecule has 2 rings (SSSR count). The quantitative estimate of drug-likeness (QED) is 0.645. The van der Waals surface area contributed by atoms with Gasteiger partial charge in [-0.15, -0.1) is 0 Å². The third-order valence-corrected chi connectivity index (χ3v) is 3.47. The van der Waals surface area contributed by atoms with E-state index >= 15 is 0 Å². The summed E-state index contributed by atoms with van der Waals surface area (Å²) in [6.45, 7) is 1.56. The summed E-state index contributed by atoms with van der Waals surface area (Å²) in [5, 5.41) is 5.57. The molecule has 0 spiro atoms. The Hall–Kier alpha value is -2.09. The molecule has 1 aromatic rings. The van der Waals surface area contributed by atoms with Crippen molar-refractivity contribution in [1.82, 2.24) is 10.6 Å². The van der Waals surface area contributed by atoms with Gasteiger partial charge in [0.25, 0.3) is 0 Å². The molecule has 0 aromatic heterocycles. The standard InChI is InChI=1S/C14H13F3N2O2S/c1-7-10(12(20)21-2)11(19-13(22)18-7)8-5-3-4-6-9(8)14(15,16)17/h3-6,11H,1-2H3,(H2,18,19,22). The first-order valence-electron chi connectivity index (χ1n) is 6.28. The van der Waals surface area contributed by atoms with Gasteiger partial charge in [0.05, 0.1) is 24.3 Å². The summed E-state index contributed by atoms with van der Waals surface area (Å²) in [6.07, 6.45) is -4.54. The number of rotatable bonds is 2. The summed E-state index contributed by atoms with van der Waals surface area (Å²) in [5.74, 6) is -0.720. The largest absolute Gasteiger partial charge is 0.466 e. The number of alkyl halides is 3. The van der Waals surface area contributed by atoms with Crippen LogP contribution in [0.2, 0.25) is 0 Å². The predicted molar refractivity (Wildman–Crippen MR) is 77.8 cm³/mol. The maximum atomic E-state index is 13.2. The van der Waals surface area contributed by atoms with Crippen LogP contribution in [0, 0.1) is 0 Å². The van der Waals surface area contributed by atoms with Crippen LogP contribution in [0.3, 0.4) is 0 Å². The van der Waals surface area contributed by atoms with E-state index in [9.17, 15) is 18.0 Å².